The Labute approximate surface area is 164 Å². The van der Waals surface area contributed by atoms with E-state index in [1.807, 2.05) is 49.4 Å². The maximum atomic E-state index is 12.7. The monoisotopic (exact) mass is 380 g/mol. The van der Waals surface area contributed by atoms with Crippen LogP contribution in [0.4, 0.5) is 5.69 Å². The van der Waals surface area contributed by atoms with E-state index in [0.29, 0.717) is 22.9 Å². The highest BCUT2D eigenvalue weighted by molar-refractivity contribution is 7.13. The molecule has 27 heavy (non-hydrogen) atoms. The highest BCUT2D eigenvalue weighted by atomic mass is 32.1. The maximum Gasteiger partial charge on any atom is 0.267 e. The number of carbonyl (C=O) groups is 1. The lowest BCUT2D eigenvalue weighted by Gasteiger charge is -2.12. The van der Waals surface area contributed by atoms with Gasteiger partial charge in [-0.15, -0.1) is 11.3 Å². The SMILES string of the molecule is CCCc1nc(C)c(C(=O)Nc2ccccc2OCCc2ccccc2)s1. The number of amides is 1. The molecule has 140 valence electrons. The summed E-state index contributed by atoms with van der Waals surface area (Å²) in [6.45, 7) is 4.55. The minimum atomic E-state index is -0.133. The highest BCUT2D eigenvalue weighted by Crippen LogP contribution is 2.26. The molecule has 0 aliphatic rings. The van der Waals surface area contributed by atoms with Gasteiger partial charge >= 0.3 is 0 Å². The van der Waals surface area contributed by atoms with E-state index in [9.17, 15) is 4.79 Å². The number of ether oxygens (including phenoxy) is 1. The number of para-hydroxylation sites is 2. The molecule has 0 atom stereocenters. The number of nitrogens with zero attached hydrogens (tertiary/aromatic N) is 1. The largest absolute Gasteiger partial charge is 0.491 e. The first-order valence-electron chi connectivity index (χ1n) is 9.20. The average Bonchev–Trinajstić information content (AvgIpc) is 3.05. The third-order valence-corrected chi connectivity index (χ3v) is 5.35. The molecule has 0 spiro atoms. The summed E-state index contributed by atoms with van der Waals surface area (Å²) in [6, 6.07) is 17.7. The van der Waals surface area contributed by atoms with Crippen molar-refractivity contribution in [1.82, 2.24) is 4.98 Å². The number of rotatable bonds is 8. The second-order valence-corrected chi connectivity index (χ2v) is 7.39. The summed E-state index contributed by atoms with van der Waals surface area (Å²) in [7, 11) is 0. The van der Waals surface area contributed by atoms with E-state index < -0.39 is 0 Å². The number of thiazole rings is 1. The van der Waals surface area contributed by atoms with Crippen molar-refractivity contribution in [2.45, 2.75) is 33.1 Å². The summed E-state index contributed by atoms with van der Waals surface area (Å²) < 4.78 is 5.92. The lowest BCUT2D eigenvalue weighted by atomic mass is 10.2. The molecule has 3 aromatic rings. The zero-order valence-electron chi connectivity index (χ0n) is 15.7. The van der Waals surface area contributed by atoms with Gasteiger partial charge in [0.15, 0.2) is 0 Å². The number of aromatic nitrogens is 1. The van der Waals surface area contributed by atoms with Crippen LogP contribution in [0.5, 0.6) is 5.75 Å². The van der Waals surface area contributed by atoms with Gasteiger partial charge in [0.25, 0.3) is 5.91 Å². The van der Waals surface area contributed by atoms with Crippen molar-refractivity contribution in [1.29, 1.82) is 0 Å². The fraction of sp³-hybridized carbons (Fsp3) is 0.273. The Hall–Kier alpha value is -2.66. The van der Waals surface area contributed by atoms with Gasteiger partial charge in [-0.25, -0.2) is 4.98 Å². The molecule has 1 amide bonds. The number of hydrogen-bond donors (Lipinski definition) is 1. The van der Waals surface area contributed by atoms with Crippen LogP contribution >= 0.6 is 11.3 Å². The van der Waals surface area contributed by atoms with Gasteiger partial charge in [-0.3, -0.25) is 4.79 Å². The molecule has 0 unspecified atom stereocenters. The topological polar surface area (TPSA) is 51.2 Å². The zero-order chi connectivity index (χ0) is 19.1. The van der Waals surface area contributed by atoms with Gasteiger partial charge in [0.05, 0.1) is 23.0 Å². The number of carbonyl (C=O) groups excluding carboxylic acids is 1. The van der Waals surface area contributed by atoms with Gasteiger partial charge in [-0.05, 0) is 37.5 Å². The van der Waals surface area contributed by atoms with Crippen LogP contribution < -0.4 is 10.1 Å². The van der Waals surface area contributed by atoms with E-state index >= 15 is 0 Å². The summed E-state index contributed by atoms with van der Waals surface area (Å²) in [5.41, 5.74) is 2.69. The minimum absolute atomic E-state index is 0.133. The van der Waals surface area contributed by atoms with Crippen molar-refractivity contribution in [2.75, 3.05) is 11.9 Å². The van der Waals surface area contributed by atoms with E-state index in [1.54, 1.807) is 0 Å². The first-order chi connectivity index (χ1) is 13.2. The number of anilines is 1. The predicted octanol–water partition coefficient (Wildman–Crippen LogP) is 5.28. The molecule has 2 aromatic carbocycles. The van der Waals surface area contributed by atoms with Crippen LogP contribution in [-0.4, -0.2) is 17.5 Å². The predicted molar refractivity (Wildman–Crippen MR) is 111 cm³/mol. The normalized spacial score (nSPS) is 10.6. The van der Waals surface area contributed by atoms with Crippen LogP contribution in [0.25, 0.3) is 0 Å². The molecule has 1 aromatic heterocycles. The molecular weight excluding hydrogens is 356 g/mol. The Balaban J connectivity index is 1.65. The summed E-state index contributed by atoms with van der Waals surface area (Å²) >= 11 is 1.47. The second kappa shape index (κ2) is 9.33. The Morgan fingerprint density at radius 1 is 1.07 bits per heavy atom. The van der Waals surface area contributed by atoms with Gasteiger partial charge < -0.3 is 10.1 Å². The lowest BCUT2D eigenvalue weighted by Crippen LogP contribution is -2.13. The lowest BCUT2D eigenvalue weighted by molar-refractivity contribution is 0.102. The third-order valence-electron chi connectivity index (χ3n) is 4.14. The van der Waals surface area contributed by atoms with Crippen LogP contribution in [-0.2, 0) is 12.8 Å². The molecule has 1 N–H and O–H groups in total. The Kier molecular flexibility index (Phi) is 6.60. The third kappa shape index (κ3) is 5.17. The number of hydrogen-bond acceptors (Lipinski definition) is 4. The van der Waals surface area contributed by atoms with Crippen LogP contribution in [0.3, 0.4) is 0 Å². The fourth-order valence-corrected chi connectivity index (χ4v) is 3.84. The molecule has 0 aliphatic heterocycles. The molecule has 0 saturated carbocycles. The summed E-state index contributed by atoms with van der Waals surface area (Å²) in [5.74, 6) is 0.546. The standard InChI is InChI=1S/C22H24N2O2S/c1-3-9-20-23-16(2)21(27-20)22(25)24-18-12-7-8-13-19(18)26-15-14-17-10-5-4-6-11-17/h4-8,10-13H,3,9,14-15H2,1-2H3,(H,24,25). The van der Waals surface area contributed by atoms with Crippen LogP contribution in [0, 0.1) is 6.92 Å². The van der Waals surface area contributed by atoms with E-state index in [0.717, 1.165) is 30.0 Å². The molecule has 0 saturated heterocycles. The molecule has 0 bridgehead atoms. The minimum Gasteiger partial charge on any atom is -0.491 e. The fourth-order valence-electron chi connectivity index (χ4n) is 2.78. The maximum absolute atomic E-state index is 12.7. The van der Waals surface area contributed by atoms with Crippen molar-refractivity contribution in [3.05, 3.63) is 75.7 Å². The molecule has 4 nitrogen and oxygen atoms in total. The second-order valence-electron chi connectivity index (χ2n) is 6.31. The molecule has 0 radical (unpaired) electrons. The number of nitrogens with one attached hydrogen (secondary N) is 1. The van der Waals surface area contributed by atoms with Gasteiger partial charge in [-0.2, -0.15) is 0 Å². The van der Waals surface area contributed by atoms with Gasteiger partial charge in [0, 0.05) is 6.42 Å². The van der Waals surface area contributed by atoms with E-state index in [4.69, 9.17) is 4.74 Å². The number of benzene rings is 2. The van der Waals surface area contributed by atoms with Crippen molar-refractivity contribution < 1.29 is 9.53 Å². The van der Waals surface area contributed by atoms with Gasteiger partial charge in [-0.1, -0.05) is 49.4 Å². The Morgan fingerprint density at radius 3 is 2.59 bits per heavy atom. The summed E-state index contributed by atoms with van der Waals surface area (Å²) in [6.07, 6.45) is 2.74. The van der Waals surface area contributed by atoms with Gasteiger partial charge in [0.1, 0.15) is 10.6 Å². The summed E-state index contributed by atoms with van der Waals surface area (Å²) in [4.78, 5) is 17.9. The van der Waals surface area contributed by atoms with Crippen molar-refractivity contribution in [2.24, 2.45) is 0 Å². The first kappa shape index (κ1) is 19.1. The smallest absolute Gasteiger partial charge is 0.267 e. The van der Waals surface area contributed by atoms with E-state index in [1.165, 1.54) is 16.9 Å². The summed E-state index contributed by atoms with van der Waals surface area (Å²) in [5, 5.41) is 3.99. The molecule has 0 fully saturated rings. The number of aryl methyl sites for hydroxylation is 2. The highest BCUT2D eigenvalue weighted by Gasteiger charge is 2.16. The van der Waals surface area contributed by atoms with Crippen LogP contribution in [0.1, 0.15) is 39.3 Å². The van der Waals surface area contributed by atoms with Crippen LogP contribution in [0.2, 0.25) is 0 Å². The Morgan fingerprint density at radius 2 is 1.81 bits per heavy atom. The first-order valence-corrected chi connectivity index (χ1v) is 10.0. The molecule has 0 aliphatic carbocycles. The van der Waals surface area contributed by atoms with E-state index in [-0.39, 0.29) is 5.91 Å². The quantitative estimate of drug-likeness (QED) is 0.578. The Bertz CT molecular complexity index is 890. The van der Waals surface area contributed by atoms with Crippen molar-refractivity contribution in [3.63, 3.8) is 0 Å². The van der Waals surface area contributed by atoms with Crippen molar-refractivity contribution in [3.8, 4) is 5.75 Å². The van der Waals surface area contributed by atoms with Crippen LogP contribution in [0.15, 0.2) is 54.6 Å². The van der Waals surface area contributed by atoms with E-state index in [2.05, 4.69) is 29.4 Å². The van der Waals surface area contributed by atoms with Gasteiger partial charge in [0.2, 0.25) is 0 Å². The zero-order valence-corrected chi connectivity index (χ0v) is 16.5. The molecular formula is C22H24N2O2S. The average molecular weight is 381 g/mol. The molecule has 1 heterocycles. The molecule has 3 rings (SSSR count). The van der Waals surface area contributed by atoms with Crippen molar-refractivity contribution >= 4 is 22.9 Å². The molecule has 5 heteroatoms.